The molecule has 2 heterocycles. The van der Waals surface area contributed by atoms with E-state index in [9.17, 15) is 13.6 Å². The van der Waals surface area contributed by atoms with Crippen molar-refractivity contribution in [2.75, 3.05) is 26.1 Å². The summed E-state index contributed by atoms with van der Waals surface area (Å²) in [5.74, 6) is -0.206. The first-order valence-corrected chi connectivity index (χ1v) is 11.3. The summed E-state index contributed by atoms with van der Waals surface area (Å²) in [6.07, 6.45) is 6.61. The highest BCUT2D eigenvalue weighted by Crippen LogP contribution is 2.61. The number of aromatic nitrogens is 3. The summed E-state index contributed by atoms with van der Waals surface area (Å²) >= 11 is 0. The predicted octanol–water partition coefficient (Wildman–Crippen LogP) is 4.20. The highest BCUT2D eigenvalue weighted by Gasteiger charge is 2.63. The summed E-state index contributed by atoms with van der Waals surface area (Å²) in [5.41, 5.74) is 0.367. The molecular formula is C25H28F2N4O4. The Morgan fingerprint density at radius 3 is 2.74 bits per heavy atom. The molecular weight excluding hydrogens is 458 g/mol. The fourth-order valence-corrected chi connectivity index (χ4v) is 4.49. The molecule has 1 unspecified atom stereocenters. The molecule has 1 fully saturated rings. The van der Waals surface area contributed by atoms with Gasteiger partial charge in [-0.05, 0) is 43.9 Å². The minimum Gasteiger partial charge on any atom is -0.498 e. The van der Waals surface area contributed by atoms with Crippen LogP contribution in [0.1, 0.15) is 29.9 Å². The molecule has 186 valence electrons. The molecule has 0 saturated heterocycles. The smallest absolute Gasteiger partial charge is 0.229 e. The molecule has 0 aromatic carbocycles. The Morgan fingerprint density at radius 1 is 1.23 bits per heavy atom. The zero-order chi connectivity index (χ0) is 25.2. The van der Waals surface area contributed by atoms with Crippen molar-refractivity contribution in [1.29, 1.82) is 0 Å². The second kappa shape index (κ2) is 10.1. The highest BCUT2D eigenvalue weighted by atomic mass is 19.1. The number of methoxy groups -OCH3 is 2. The number of aryl methyl sites for hydroxylation is 2. The minimum absolute atomic E-state index is 0.178. The second-order valence-electron chi connectivity index (χ2n) is 8.89. The average Bonchev–Trinajstić information content (AvgIpc) is 3.57. The van der Waals surface area contributed by atoms with E-state index in [1.54, 1.807) is 33.2 Å². The van der Waals surface area contributed by atoms with Crippen molar-refractivity contribution in [3.05, 3.63) is 65.1 Å². The molecule has 1 N–H and O–H groups in total. The van der Waals surface area contributed by atoms with E-state index in [1.807, 2.05) is 0 Å². The zero-order valence-electron chi connectivity index (χ0n) is 20.1. The van der Waals surface area contributed by atoms with Crippen LogP contribution in [0.25, 0.3) is 0 Å². The van der Waals surface area contributed by atoms with Gasteiger partial charge >= 0.3 is 0 Å². The van der Waals surface area contributed by atoms with Gasteiger partial charge in [0.25, 0.3) is 0 Å². The van der Waals surface area contributed by atoms with Crippen LogP contribution in [-0.4, -0.2) is 41.7 Å². The fourth-order valence-electron chi connectivity index (χ4n) is 4.49. The Kier molecular flexibility index (Phi) is 7.11. The van der Waals surface area contributed by atoms with Crippen LogP contribution >= 0.6 is 0 Å². The standard InChI is InChI=1S/C25H28F2N4O4/c1-14-7-23(29-10-19(14)27)31-24(32)17-9-25(17,16-5-6-18(26)21(8-16)34-4)13-35-22-11-28-15(2)30-20(22)12-33-3/h5-7,10-11,16-17H,8-9,12-13H2,1-4H3,(H,29,31,32)/t16?,17-,25+/m0/s1. The van der Waals surface area contributed by atoms with E-state index in [0.29, 0.717) is 35.7 Å². The van der Waals surface area contributed by atoms with Crippen molar-refractivity contribution >= 4 is 11.7 Å². The average molecular weight is 487 g/mol. The Hall–Kier alpha value is -3.40. The number of carbonyl (C=O) groups excluding carboxylic acids is 1. The van der Waals surface area contributed by atoms with Gasteiger partial charge in [0.1, 0.15) is 28.9 Å². The molecule has 0 spiro atoms. The van der Waals surface area contributed by atoms with Crippen LogP contribution in [0.2, 0.25) is 0 Å². The highest BCUT2D eigenvalue weighted by molar-refractivity contribution is 5.94. The first-order valence-electron chi connectivity index (χ1n) is 11.3. The molecule has 1 amide bonds. The maximum absolute atomic E-state index is 14.2. The third-order valence-electron chi connectivity index (χ3n) is 6.59. The lowest BCUT2D eigenvalue weighted by molar-refractivity contribution is -0.118. The summed E-state index contributed by atoms with van der Waals surface area (Å²) < 4.78 is 44.4. The Balaban J connectivity index is 1.57. The van der Waals surface area contributed by atoms with Gasteiger partial charge in [0.05, 0.1) is 32.7 Å². The largest absolute Gasteiger partial charge is 0.498 e. The van der Waals surface area contributed by atoms with Crippen molar-refractivity contribution in [3.63, 3.8) is 0 Å². The Morgan fingerprint density at radius 2 is 2.03 bits per heavy atom. The van der Waals surface area contributed by atoms with Gasteiger partial charge in [-0.2, -0.15) is 0 Å². The number of pyridine rings is 1. The fraction of sp³-hybridized carbons (Fsp3) is 0.440. The predicted molar refractivity (Wildman–Crippen MR) is 123 cm³/mol. The molecule has 10 heteroatoms. The van der Waals surface area contributed by atoms with Crippen LogP contribution in [0.3, 0.4) is 0 Å². The van der Waals surface area contributed by atoms with Crippen molar-refractivity contribution in [3.8, 4) is 5.75 Å². The van der Waals surface area contributed by atoms with E-state index >= 15 is 0 Å². The van der Waals surface area contributed by atoms with E-state index in [0.717, 1.165) is 6.20 Å². The van der Waals surface area contributed by atoms with Gasteiger partial charge in [-0.3, -0.25) is 4.79 Å². The number of hydrogen-bond acceptors (Lipinski definition) is 7. The van der Waals surface area contributed by atoms with Crippen molar-refractivity contribution in [2.45, 2.75) is 33.3 Å². The molecule has 2 aromatic rings. The van der Waals surface area contributed by atoms with Crippen molar-refractivity contribution < 1.29 is 27.8 Å². The zero-order valence-corrected chi connectivity index (χ0v) is 20.1. The van der Waals surface area contributed by atoms with Gasteiger partial charge in [0.15, 0.2) is 11.6 Å². The lowest BCUT2D eigenvalue weighted by Crippen LogP contribution is -2.30. The number of carbonyl (C=O) groups is 1. The summed E-state index contributed by atoms with van der Waals surface area (Å²) in [6, 6.07) is 1.48. The maximum atomic E-state index is 14.2. The normalized spacial score (nSPS) is 23.3. The van der Waals surface area contributed by atoms with Gasteiger partial charge in [0, 0.05) is 24.9 Å². The molecule has 2 aliphatic carbocycles. The summed E-state index contributed by atoms with van der Waals surface area (Å²) in [7, 11) is 2.99. The second-order valence-corrected chi connectivity index (χ2v) is 8.89. The van der Waals surface area contributed by atoms with Crippen LogP contribution in [0.15, 0.2) is 42.2 Å². The Labute approximate surface area is 202 Å². The van der Waals surface area contributed by atoms with Crippen LogP contribution < -0.4 is 10.1 Å². The van der Waals surface area contributed by atoms with Crippen molar-refractivity contribution in [2.24, 2.45) is 17.3 Å². The molecule has 8 nitrogen and oxygen atoms in total. The SMILES string of the molecule is COCc1nc(C)ncc1OC[C@@]1(C2C=CC(F)=C(OC)C2)C[C@H]1C(=O)Nc1cc(C)c(F)cn1. The Bertz CT molecular complexity index is 1190. The molecule has 3 atom stereocenters. The van der Waals surface area contributed by atoms with E-state index < -0.39 is 23.0 Å². The van der Waals surface area contributed by atoms with Gasteiger partial charge in [-0.25, -0.2) is 23.7 Å². The molecule has 0 aliphatic heterocycles. The maximum Gasteiger partial charge on any atom is 0.229 e. The number of nitrogens with one attached hydrogen (secondary N) is 1. The topological polar surface area (TPSA) is 95.5 Å². The lowest BCUT2D eigenvalue weighted by atomic mass is 9.81. The number of amides is 1. The summed E-state index contributed by atoms with van der Waals surface area (Å²) in [5, 5.41) is 2.78. The molecule has 2 aromatic heterocycles. The molecule has 2 aliphatic rings. The first kappa shape index (κ1) is 24.7. The minimum atomic E-state index is -0.616. The number of anilines is 1. The van der Waals surface area contributed by atoms with E-state index in [-0.39, 0.29) is 36.6 Å². The van der Waals surface area contributed by atoms with Crippen molar-refractivity contribution in [1.82, 2.24) is 15.0 Å². The summed E-state index contributed by atoms with van der Waals surface area (Å²) in [6.45, 7) is 3.80. The van der Waals surface area contributed by atoms with Crippen LogP contribution in [0, 0.1) is 36.9 Å². The van der Waals surface area contributed by atoms with E-state index in [2.05, 4.69) is 20.3 Å². The van der Waals surface area contributed by atoms with Crippen LogP contribution in [0.4, 0.5) is 14.6 Å². The number of rotatable bonds is 9. The van der Waals surface area contributed by atoms with Crippen LogP contribution in [0.5, 0.6) is 5.75 Å². The molecule has 0 bridgehead atoms. The van der Waals surface area contributed by atoms with E-state index in [4.69, 9.17) is 14.2 Å². The number of halogens is 2. The summed E-state index contributed by atoms with van der Waals surface area (Å²) in [4.78, 5) is 25.7. The van der Waals surface area contributed by atoms with Gasteiger partial charge in [-0.1, -0.05) is 6.08 Å². The number of nitrogens with zero attached hydrogens (tertiary/aromatic N) is 3. The third kappa shape index (κ3) is 5.17. The quantitative estimate of drug-likeness (QED) is 0.568. The molecule has 35 heavy (non-hydrogen) atoms. The third-order valence-corrected chi connectivity index (χ3v) is 6.59. The lowest BCUT2D eigenvalue weighted by Gasteiger charge is -2.28. The van der Waals surface area contributed by atoms with Crippen LogP contribution in [-0.2, 0) is 20.9 Å². The number of hydrogen-bond donors (Lipinski definition) is 1. The molecule has 0 radical (unpaired) electrons. The molecule has 1 saturated carbocycles. The van der Waals surface area contributed by atoms with Gasteiger partial charge < -0.3 is 19.5 Å². The molecule has 4 rings (SSSR count). The van der Waals surface area contributed by atoms with Gasteiger partial charge in [0.2, 0.25) is 5.91 Å². The number of ether oxygens (including phenoxy) is 3. The van der Waals surface area contributed by atoms with Gasteiger partial charge in [-0.15, -0.1) is 0 Å². The van der Waals surface area contributed by atoms with E-state index in [1.165, 1.54) is 19.3 Å². The monoisotopic (exact) mass is 486 g/mol. The first-order chi connectivity index (χ1) is 16.8. The number of allylic oxidation sites excluding steroid dienone is 4.